The zero-order chi connectivity index (χ0) is 9.30. The molecule has 6 heteroatoms. The normalized spacial score (nSPS) is 13.0. The largest absolute Gasteiger partial charge is 0.768 e. The minimum atomic E-state index is -2.59. The first-order valence-corrected chi connectivity index (χ1v) is 5.00. The molecule has 2 nitrogen and oxygen atoms in total. The molecule has 0 heterocycles. The molecule has 0 saturated heterocycles. The number of hydrogen-bond donors (Lipinski definition) is 0. The fourth-order valence-electron chi connectivity index (χ4n) is 0.632. The Bertz CT molecular complexity index is 345. The highest BCUT2D eigenvalue weighted by Gasteiger charge is 2.06. The van der Waals surface area contributed by atoms with E-state index >= 15 is 0 Å². The van der Waals surface area contributed by atoms with Gasteiger partial charge in [-0.2, -0.15) is 0 Å². The van der Waals surface area contributed by atoms with Crippen LogP contribution >= 0.6 is 27.5 Å². The van der Waals surface area contributed by atoms with Crippen LogP contribution < -0.4 is 0 Å². The fraction of sp³-hybridized carbons (Fsp3) is 0. The first-order chi connectivity index (χ1) is 5.52. The molecule has 1 atom stereocenters. The minimum Gasteiger partial charge on any atom is -0.768 e. The maximum atomic E-state index is 12.8. The first kappa shape index (κ1) is 10.1. The Morgan fingerprint density at radius 2 is 2.17 bits per heavy atom. The van der Waals surface area contributed by atoms with Crippen LogP contribution in [0.25, 0.3) is 0 Å². The van der Waals surface area contributed by atoms with Crippen molar-refractivity contribution in [2.24, 2.45) is 0 Å². The summed E-state index contributed by atoms with van der Waals surface area (Å²) < 4.78 is 33.9. The van der Waals surface area contributed by atoms with E-state index in [0.717, 1.165) is 12.1 Å². The van der Waals surface area contributed by atoms with Gasteiger partial charge in [0, 0.05) is 4.47 Å². The lowest BCUT2D eigenvalue weighted by Gasteiger charge is -2.07. The molecule has 0 radical (unpaired) electrons. The Morgan fingerprint density at radius 1 is 1.58 bits per heavy atom. The number of halogens is 3. The lowest BCUT2D eigenvalue weighted by Crippen LogP contribution is -1.93. The number of rotatable bonds is 1. The van der Waals surface area contributed by atoms with Gasteiger partial charge in [0.05, 0.1) is 9.92 Å². The molecule has 0 amide bonds. The SMILES string of the molecule is O=S([O-])c1cc(Cl)c(Br)cc1F. The van der Waals surface area contributed by atoms with Crippen LogP contribution in [0.1, 0.15) is 0 Å². The Labute approximate surface area is 84.1 Å². The fourth-order valence-corrected chi connectivity index (χ4v) is 1.61. The molecule has 12 heavy (non-hydrogen) atoms. The minimum absolute atomic E-state index is 0.163. The molecule has 0 aliphatic carbocycles. The van der Waals surface area contributed by atoms with Crippen LogP contribution in [0.3, 0.4) is 0 Å². The monoisotopic (exact) mass is 271 g/mol. The second-order valence-electron chi connectivity index (χ2n) is 1.93. The summed E-state index contributed by atoms with van der Waals surface area (Å²) >= 11 is 5.91. The van der Waals surface area contributed by atoms with Gasteiger partial charge in [-0.05, 0) is 39.1 Å². The predicted molar refractivity (Wildman–Crippen MR) is 46.3 cm³/mol. The van der Waals surface area contributed by atoms with Crippen LogP contribution in [0, 0.1) is 5.82 Å². The average molecular weight is 273 g/mol. The zero-order valence-electron chi connectivity index (χ0n) is 5.51. The van der Waals surface area contributed by atoms with E-state index in [2.05, 4.69) is 15.9 Å². The molecule has 66 valence electrons. The third-order valence-electron chi connectivity index (χ3n) is 1.15. The molecule has 0 saturated carbocycles. The van der Waals surface area contributed by atoms with Crippen molar-refractivity contribution in [3.63, 3.8) is 0 Å². The van der Waals surface area contributed by atoms with Crippen molar-refractivity contribution in [1.82, 2.24) is 0 Å². The van der Waals surface area contributed by atoms with Crippen molar-refractivity contribution >= 4 is 38.6 Å². The van der Waals surface area contributed by atoms with E-state index in [0.29, 0.717) is 4.47 Å². The highest BCUT2D eigenvalue weighted by molar-refractivity contribution is 9.10. The summed E-state index contributed by atoms with van der Waals surface area (Å²) in [6.07, 6.45) is 0. The Morgan fingerprint density at radius 3 is 2.67 bits per heavy atom. The van der Waals surface area contributed by atoms with Crippen LogP contribution in [-0.2, 0) is 11.1 Å². The van der Waals surface area contributed by atoms with Gasteiger partial charge in [-0.15, -0.1) is 0 Å². The quantitative estimate of drug-likeness (QED) is 0.582. The summed E-state index contributed by atoms with van der Waals surface area (Å²) in [7, 11) is 0. The van der Waals surface area contributed by atoms with Gasteiger partial charge < -0.3 is 4.55 Å². The van der Waals surface area contributed by atoms with Gasteiger partial charge in [0.2, 0.25) is 0 Å². The molecule has 0 bridgehead atoms. The van der Waals surface area contributed by atoms with Crippen molar-refractivity contribution in [1.29, 1.82) is 0 Å². The first-order valence-electron chi connectivity index (χ1n) is 2.76. The Hall–Kier alpha value is 0.0300. The lowest BCUT2D eigenvalue weighted by atomic mass is 10.3. The molecule has 1 aromatic carbocycles. The third kappa shape index (κ3) is 2.04. The Balaban J connectivity index is 3.33. The highest BCUT2D eigenvalue weighted by Crippen LogP contribution is 2.26. The molecule has 0 spiro atoms. The standard InChI is InChI=1S/C6H3BrClFO2S/c7-3-1-5(9)6(12(10)11)2-4(3)8/h1-2H,(H,10,11)/p-1. The smallest absolute Gasteiger partial charge is 0.139 e. The Kier molecular flexibility index (Phi) is 3.22. The number of benzene rings is 1. The zero-order valence-corrected chi connectivity index (χ0v) is 8.67. The molecule has 0 aliphatic rings. The van der Waals surface area contributed by atoms with Gasteiger partial charge in [-0.25, -0.2) is 4.39 Å². The average Bonchev–Trinajstić information content (AvgIpc) is 1.96. The molecule has 0 aromatic heterocycles. The van der Waals surface area contributed by atoms with Crippen molar-refractivity contribution in [2.75, 3.05) is 0 Å². The molecule has 0 fully saturated rings. The van der Waals surface area contributed by atoms with Crippen molar-refractivity contribution < 1.29 is 13.2 Å². The molecular weight excluding hydrogens is 270 g/mol. The topological polar surface area (TPSA) is 40.1 Å². The van der Waals surface area contributed by atoms with Gasteiger partial charge in [0.1, 0.15) is 5.82 Å². The van der Waals surface area contributed by atoms with E-state index in [9.17, 15) is 13.2 Å². The summed E-state index contributed by atoms with van der Waals surface area (Å²) in [5.41, 5.74) is 0. The molecule has 1 unspecified atom stereocenters. The second kappa shape index (κ2) is 3.83. The molecular formula is C6H2BrClFO2S-. The second-order valence-corrected chi connectivity index (χ2v) is 4.10. The van der Waals surface area contributed by atoms with E-state index in [-0.39, 0.29) is 5.02 Å². The predicted octanol–water partition coefficient (Wildman–Crippen LogP) is 2.48. The summed E-state index contributed by atoms with van der Waals surface area (Å²) in [6.45, 7) is 0. The van der Waals surface area contributed by atoms with E-state index in [1.165, 1.54) is 0 Å². The van der Waals surface area contributed by atoms with E-state index in [4.69, 9.17) is 11.6 Å². The van der Waals surface area contributed by atoms with E-state index < -0.39 is 21.8 Å². The lowest BCUT2D eigenvalue weighted by molar-refractivity contribution is 0.523. The maximum Gasteiger partial charge on any atom is 0.139 e. The van der Waals surface area contributed by atoms with Crippen molar-refractivity contribution in [3.05, 3.63) is 27.4 Å². The van der Waals surface area contributed by atoms with Crippen molar-refractivity contribution in [3.8, 4) is 0 Å². The van der Waals surface area contributed by atoms with Gasteiger partial charge in [0.25, 0.3) is 0 Å². The van der Waals surface area contributed by atoms with Crippen LogP contribution in [0.2, 0.25) is 5.02 Å². The highest BCUT2D eigenvalue weighted by atomic mass is 79.9. The summed E-state index contributed by atoms with van der Waals surface area (Å²) in [6, 6.07) is 2.05. The third-order valence-corrected chi connectivity index (χ3v) is 3.02. The van der Waals surface area contributed by atoms with E-state index in [1.807, 2.05) is 0 Å². The van der Waals surface area contributed by atoms with Crippen molar-refractivity contribution in [2.45, 2.75) is 4.90 Å². The van der Waals surface area contributed by atoms with Crippen LogP contribution in [-0.4, -0.2) is 8.76 Å². The van der Waals surface area contributed by atoms with Gasteiger partial charge in [-0.1, -0.05) is 11.6 Å². The van der Waals surface area contributed by atoms with Gasteiger partial charge in [-0.3, -0.25) is 4.21 Å². The summed E-state index contributed by atoms with van der Waals surface area (Å²) in [5.74, 6) is -0.820. The van der Waals surface area contributed by atoms with Gasteiger partial charge >= 0.3 is 0 Å². The van der Waals surface area contributed by atoms with Crippen LogP contribution in [0.5, 0.6) is 0 Å². The molecule has 1 aromatic rings. The molecule has 0 aliphatic heterocycles. The van der Waals surface area contributed by atoms with Gasteiger partial charge in [0.15, 0.2) is 0 Å². The van der Waals surface area contributed by atoms with Crippen LogP contribution in [0.4, 0.5) is 4.39 Å². The molecule has 1 rings (SSSR count). The summed E-state index contributed by atoms with van der Waals surface area (Å²) in [4.78, 5) is -0.428. The number of hydrogen-bond acceptors (Lipinski definition) is 2. The molecule has 0 N–H and O–H groups in total. The maximum absolute atomic E-state index is 12.8. The van der Waals surface area contributed by atoms with Crippen LogP contribution in [0.15, 0.2) is 21.5 Å². The van der Waals surface area contributed by atoms with E-state index in [1.54, 1.807) is 0 Å². The summed E-state index contributed by atoms with van der Waals surface area (Å²) in [5, 5.41) is 0.163.